The smallest absolute Gasteiger partial charge is 0.416 e. The van der Waals surface area contributed by atoms with Gasteiger partial charge in [0.1, 0.15) is 17.2 Å². The molecule has 4 nitrogen and oxygen atoms in total. The molecule has 1 amide bonds. The summed E-state index contributed by atoms with van der Waals surface area (Å²) < 4.78 is 43.7. The van der Waals surface area contributed by atoms with E-state index >= 15 is 0 Å². The zero-order chi connectivity index (χ0) is 20.3. The Kier molecular flexibility index (Phi) is 5.81. The highest BCUT2D eigenvalue weighted by atomic mass is 35.5. The van der Waals surface area contributed by atoms with E-state index in [9.17, 15) is 18.0 Å². The molecule has 1 aromatic heterocycles. The molecule has 1 N–H and O–H groups in total. The van der Waals surface area contributed by atoms with Crippen LogP contribution in [0.25, 0.3) is 0 Å². The molecular formula is C19H12ClF3N2O2S. The maximum atomic E-state index is 12.8. The predicted molar refractivity (Wildman–Crippen MR) is 102 cm³/mol. The molecule has 28 heavy (non-hydrogen) atoms. The Morgan fingerprint density at radius 1 is 1.07 bits per heavy atom. The standard InChI is InChI=1S/C19H12ClF3N2O2S/c20-15-8-9-24-16(17(15)28)18(26)25-12-4-6-13(7-5-12)27-14-3-1-2-11(10-14)19(21,22)23/h1-10,28H,(H,25,26). The van der Waals surface area contributed by atoms with Gasteiger partial charge in [0.2, 0.25) is 0 Å². The topological polar surface area (TPSA) is 51.2 Å². The van der Waals surface area contributed by atoms with Crippen molar-refractivity contribution in [2.75, 3.05) is 5.32 Å². The highest BCUT2D eigenvalue weighted by molar-refractivity contribution is 7.80. The number of benzene rings is 2. The van der Waals surface area contributed by atoms with E-state index in [4.69, 9.17) is 16.3 Å². The van der Waals surface area contributed by atoms with E-state index in [0.717, 1.165) is 12.1 Å². The van der Waals surface area contributed by atoms with Crippen molar-refractivity contribution in [2.24, 2.45) is 0 Å². The van der Waals surface area contributed by atoms with Gasteiger partial charge in [0.25, 0.3) is 5.91 Å². The number of halogens is 4. The van der Waals surface area contributed by atoms with Crippen LogP contribution in [0.3, 0.4) is 0 Å². The van der Waals surface area contributed by atoms with Crippen LogP contribution < -0.4 is 10.1 Å². The van der Waals surface area contributed by atoms with Crippen LogP contribution in [0, 0.1) is 0 Å². The van der Waals surface area contributed by atoms with E-state index in [2.05, 4.69) is 22.9 Å². The van der Waals surface area contributed by atoms with Gasteiger partial charge in [-0.25, -0.2) is 4.98 Å². The third kappa shape index (κ3) is 4.76. The number of nitrogens with one attached hydrogen (secondary N) is 1. The molecule has 3 aromatic rings. The second-order valence-electron chi connectivity index (χ2n) is 5.60. The first-order chi connectivity index (χ1) is 13.2. The van der Waals surface area contributed by atoms with Crippen LogP contribution in [0.5, 0.6) is 11.5 Å². The van der Waals surface area contributed by atoms with Crippen molar-refractivity contribution in [3.05, 3.63) is 77.1 Å². The van der Waals surface area contributed by atoms with Crippen LogP contribution in [-0.4, -0.2) is 10.9 Å². The molecule has 0 saturated carbocycles. The van der Waals surface area contributed by atoms with Crippen molar-refractivity contribution >= 4 is 35.8 Å². The maximum Gasteiger partial charge on any atom is 0.416 e. The van der Waals surface area contributed by atoms with Crippen molar-refractivity contribution in [3.8, 4) is 11.5 Å². The Bertz CT molecular complexity index is 1010. The van der Waals surface area contributed by atoms with Crippen molar-refractivity contribution in [1.29, 1.82) is 0 Å². The lowest BCUT2D eigenvalue weighted by Gasteiger charge is -2.11. The Morgan fingerprint density at radius 2 is 1.79 bits per heavy atom. The summed E-state index contributed by atoms with van der Waals surface area (Å²) in [6.07, 6.45) is -3.06. The molecule has 0 unspecified atom stereocenters. The molecule has 0 saturated heterocycles. The number of hydrogen-bond donors (Lipinski definition) is 2. The summed E-state index contributed by atoms with van der Waals surface area (Å²) >= 11 is 10.1. The number of ether oxygens (including phenoxy) is 1. The highest BCUT2D eigenvalue weighted by Gasteiger charge is 2.30. The van der Waals surface area contributed by atoms with E-state index in [1.54, 1.807) is 12.1 Å². The first kappa shape index (κ1) is 20.0. The van der Waals surface area contributed by atoms with Crippen molar-refractivity contribution < 1.29 is 22.7 Å². The summed E-state index contributed by atoms with van der Waals surface area (Å²) in [5.41, 5.74) is -0.290. The summed E-state index contributed by atoms with van der Waals surface area (Å²) in [5.74, 6) is -0.137. The molecule has 3 rings (SSSR count). The summed E-state index contributed by atoms with van der Waals surface area (Å²) in [6, 6.07) is 12.2. The van der Waals surface area contributed by atoms with Gasteiger partial charge in [-0.2, -0.15) is 13.2 Å². The van der Waals surface area contributed by atoms with E-state index in [0.29, 0.717) is 16.5 Å². The summed E-state index contributed by atoms with van der Waals surface area (Å²) in [6.45, 7) is 0. The fourth-order valence-electron chi connectivity index (χ4n) is 2.27. The number of hydrogen-bond acceptors (Lipinski definition) is 4. The maximum absolute atomic E-state index is 12.8. The SMILES string of the molecule is O=C(Nc1ccc(Oc2cccc(C(F)(F)F)c2)cc1)c1nccc(Cl)c1S. The lowest BCUT2D eigenvalue weighted by molar-refractivity contribution is -0.137. The Labute approximate surface area is 168 Å². The molecule has 1 heterocycles. The molecular weight excluding hydrogens is 413 g/mol. The number of anilines is 1. The fourth-order valence-corrected chi connectivity index (χ4v) is 2.64. The second-order valence-corrected chi connectivity index (χ2v) is 6.45. The molecule has 0 radical (unpaired) electrons. The van der Waals surface area contributed by atoms with Gasteiger partial charge in [-0.05, 0) is 48.5 Å². The van der Waals surface area contributed by atoms with E-state index in [1.165, 1.54) is 36.5 Å². The van der Waals surface area contributed by atoms with Crippen LogP contribution in [0.15, 0.2) is 65.7 Å². The number of aromatic nitrogens is 1. The number of rotatable bonds is 4. The third-order valence-corrected chi connectivity index (χ3v) is 4.50. The second kappa shape index (κ2) is 8.12. The average molecular weight is 425 g/mol. The van der Waals surface area contributed by atoms with E-state index < -0.39 is 17.6 Å². The molecule has 0 aliphatic carbocycles. The molecule has 0 spiro atoms. The number of carbonyl (C=O) groups is 1. The molecule has 144 valence electrons. The first-order valence-corrected chi connectivity index (χ1v) is 8.66. The Balaban J connectivity index is 1.70. The van der Waals surface area contributed by atoms with E-state index in [1.807, 2.05) is 0 Å². The zero-order valence-corrected chi connectivity index (χ0v) is 15.6. The number of thiol groups is 1. The summed E-state index contributed by atoms with van der Waals surface area (Å²) in [7, 11) is 0. The molecule has 0 fully saturated rings. The van der Waals surface area contributed by atoms with E-state index in [-0.39, 0.29) is 16.3 Å². The van der Waals surface area contributed by atoms with Gasteiger partial charge in [0.15, 0.2) is 0 Å². The third-order valence-electron chi connectivity index (χ3n) is 3.60. The number of alkyl halides is 3. The normalized spacial score (nSPS) is 11.2. The van der Waals surface area contributed by atoms with Gasteiger partial charge in [0, 0.05) is 11.9 Å². The van der Waals surface area contributed by atoms with Gasteiger partial charge < -0.3 is 10.1 Å². The molecule has 0 aliphatic heterocycles. The Hall–Kier alpha value is -2.71. The van der Waals surface area contributed by atoms with Crippen LogP contribution in [-0.2, 0) is 6.18 Å². The monoisotopic (exact) mass is 424 g/mol. The zero-order valence-electron chi connectivity index (χ0n) is 14.0. The summed E-state index contributed by atoms with van der Waals surface area (Å²) in [5, 5.41) is 2.93. The quantitative estimate of drug-likeness (QED) is 0.498. The largest absolute Gasteiger partial charge is 0.457 e. The van der Waals surface area contributed by atoms with Crippen molar-refractivity contribution in [3.63, 3.8) is 0 Å². The predicted octanol–water partition coefficient (Wildman–Crippen LogP) is 6.09. The highest BCUT2D eigenvalue weighted by Crippen LogP contribution is 2.33. The van der Waals surface area contributed by atoms with Crippen molar-refractivity contribution in [1.82, 2.24) is 4.98 Å². The number of nitrogens with zero attached hydrogens (tertiary/aromatic N) is 1. The molecule has 0 atom stereocenters. The summed E-state index contributed by atoms with van der Waals surface area (Å²) in [4.78, 5) is 16.5. The first-order valence-electron chi connectivity index (χ1n) is 7.84. The molecule has 0 bridgehead atoms. The minimum absolute atomic E-state index is 0.0504. The van der Waals surface area contributed by atoms with Crippen LogP contribution in [0.2, 0.25) is 5.02 Å². The van der Waals surface area contributed by atoms with Gasteiger partial charge in [-0.15, -0.1) is 12.6 Å². The van der Waals surface area contributed by atoms with Gasteiger partial charge >= 0.3 is 6.18 Å². The molecule has 0 aliphatic rings. The van der Waals surface area contributed by atoms with Gasteiger partial charge in [0.05, 0.1) is 15.5 Å². The Morgan fingerprint density at radius 3 is 2.46 bits per heavy atom. The number of pyridine rings is 1. The molecule has 9 heteroatoms. The fraction of sp³-hybridized carbons (Fsp3) is 0.0526. The average Bonchev–Trinajstić information content (AvgIpc) is 2.65. The lowest BCUT2D eigenvalue weighted by atomic mass is 10.2. The molecule has 2 aromatic carbocycles. The number of amides is 1. The van der Waals surface area contributed by atoms with Crippen LogP contribution in [0.1, 0.15) is 16.1 Å². The van der Waals surface area contributed by atoms with Gasteiger partial charge in [-0.1, -0.05) is 17.7 Å². The van der Waals surface area contributed by atoms with Gasteiger partial charge in [-0.3, -0.25) is 4.79 Å². The lowest BCUT2D eigenvalue weighted by Crippen LogP contribution is -2.14. The van der Waals surface area contributed by atoms with Crippen LogP contribution in [0.4, 0.5) is 18.9 Å². The minimum Gasteiger partial charge on any atom is -0.457 e. The minimum atomic E-state index is -4.45. The van der Waals surface area contributed by atoms with Crippen molar-refractivity contribution in [2.45, 2.75) is 11.1 Å². The van der Waals surface area contributed by atoms with Crippen LogP contribution >= 0.6 is 24.2 Å². The number of carbonyl (C=O) groups excluding carboxylic acids is 1.